The molecule has 2 aromatic rings. The summed E-state index contributed by atoms with van der Waals surface area (Å²) in [6.07, 6.45) is 3.73. The molecule has 0 bridgehead atoms. The number of hydrogen-bond acceptors (Lipinski definition) is 3. The van der Waals surface area contributed by atoms with Crippen LogP contribution in [0.1, 0.15) is 5.56 Å². The Morgan fingerprint density at radius 2 is 2.18 bits per heavy atom. The molecule has 0 atom stereocenters. The van der Waals surface area contributed by atoms with Gasteiger partial charge in [0, 0.05) is 11.8 Å². The molecular formula is C13H16N2O2. The first-order chi connectivity index (χ1) is 8.24. The highest BCUT2D eigenvalue weighted by Gasteiger charge is 2.04. The van der Waals surface area contributed by atoms with Crippen LogP contribution in [0.4, 0.5) is 0 Å². The molecular weight excluding hydrogens is 216 g/mol. The van der Waals surface area contributed by atoms with Crippen LogP contribution in [-0.2, 0) is 6.54 Å². The minimum atomic E-state index is 0.1000. The number of aryl methyl sites for hydroxylation is 1. The first-order valence-corrected chi connectivity index (χ1v) is 5.53. The van der Waals surface area contributed by atoms with Crippen molar-refractivity contribution in [3.05, 3.63) is 36.2 Å². The number of rotatable bonds is 4. The zero-order valence-corrected chi connectivity index (χ0v) is 10.1. The molecule has 0 saturated heterocycles. The van der Waals surface area contributed by atoms with E-state index in [1.54, 1.807) is 18.0 Å². The van der Waals surface area contributed by atoms with E-state index in [4.69, 9.17) is 9.84 Å². The second-order valence-corrected chi connectivity index (χ2v) is 3.90. The summed E-state index contributed by atoms with van der Waals surface area (Å²) < 4.78 is 6.96. The van der Waals surface area contributed by atoms with Crippen LogP contribution in [0.3, 0.4) is 0 Å². The molecule has 17 heavy (non-hydrogen) atoms. The number of ether oxygens (including phenoxy) is 1. The maximum Gasteiger partial charge on any atom is 0.121 e. The second kappa shape index (κ2) is 5.01. The molecule has 1 N–H and O–H groups in total. The summed E-state index contributed by atoms with van der Waals surface area (Å²) >= 11 is 0. The van der Waals surface area contributed by atoms with Gasteiger partial charge < -0.3 is 9.84 Å². The SMILES string of the molecule is COc1ccc(-c2cnn(CCO)c2)cc1C. The molecule has 4 heteroatoms. The zero-order chi connectivity index (χ0) is 12.3. The Morgan fingerprint density at radius 3 is 2.82 bits per heavy atom. The van der Waals surface area contributed by atoms with Crippen molar-refractivity contribution >= 4 is 0 Å². The third-order valence-electron chi connectivity index (χ3n) is 2.69. The topological polar surface area (TPSA) is 47.3 Å². The van der Waals surface area contributed by atoms with Crippen molar-refractivity contribution in [1.82, 2.24) is 9.78 Å². The van der Waals surface area contributed by atoms with Crippen LogP contribution in [0.15, 0.2) is 30.6 Å². The number of aromatic nitrogens is 2. The van der Waals surface area contributed by atoms with E-state index in [2.05, 4.69) is 11.2 Å². The molecule has 0 aliphatic carbocycles. The van der Waals surface area contributed by atoms with Gasteiger partial charge in [-0.2, -0.15) is 5.10 Å². The molecule has 0 saturated carbocycles. The van der Waals surface area contributed by atoms with Gasteiger partial charge in [-0.05, 0) is 30.2 Å². The fraction of sp³-hybridized carbons (Fsp3) is 0.308. The zero-order valence-electron chi connectivity index (χ0n) is 10.1. The van der Waals surface area contributed by atoms with Crippen molar-refractivity contribution in [3.8, 4) is 16.9 Å². The Morgan fingerprint density at radius 1 is 1.35 bits per heavy atom. The normalized spacial score (nSPS) is 10.5. The van der Waals surface area contributed by atoms with Crippen LogP contribution < -0.4 is 4.74 Å². The van der Waals surface area contributed by atoms with Crippen LogP contribution in [0.2, 0.25) is 0 Å². The molecule has 0 amide bonds. The van der Waals surface area contributed by atoms with Crippen LogP contribution in [0, 0.1) is 6.92 Å². The monoisotopic (exact) mass is 232 g/mol. The molecule has 0 spiro atoms. The molecule has 4 nitrogen and oxygen atoms in total. The lowest BCUT2D eigenvalue weighted by molar-refractivity contribution is 0.269. The number of nitrogens with zero attached hydrogens (tertiary/aromatic N) is 2. The van der Waals surface area contributed by atoms with Gasteiger partial charge in [-0.1, -0.05) is 6.07 Å². The Balaban J connectivity index is 2.29. The first-order valence-electron chi connectivity index (χ1n) is 5.53. The smallest absolute Gasteiger partial charge is 0.121 e. The van der Waals surface area contributed by atoms with Crippen molar-refractivity contribution in [1.29, 1.82) is 0 Å². The maximum atomic E-state index is 8.83. The van der Waals surface area contributed by atoms with Gasteiger partial charge in [0.2, 0.25) is 0 Å². The molecule has 0 radical (unpaired) electrons. The fourth-order valence-electron chi connectivity index (χ4n) is 1.80. The van der Waals surface area contributed by atoms with Gasteiger partial charge in [0.1, 0.15) is 5.75 Å². The van der Waals surface area contributed by atoms with E-state index >= 15 is 0 Å². The molecule has 1 heterocycles. The van der Waals surface area contributed by atoms with Gasteiger partial charge in [0.25, 0.3) is 0 Å². The minimum Gasteiger partial charge on any atom is -0.496 e. The lowest BCUT2D eigenvalue weighted by atomic mass is 10.1. The van der Waals surface area contributed by atoms with E-state index < -0.39 is 0 Å². The van der Waals surface area contributed by atoms with E-state index in [1.165, 1.54) is 0 Å². The number of aliphatic hydroxyl groups is 1. The standard InChI is InChI=1S/C13H16N2O2/c1-10-7-11(3-4-13(10)17-2)12-8-14-15(9-12)5-6-16/h3-4,7-9,16H,5-6H2,1-2H3. The predicted molar refractivity (Wildman–Crippen MR) is 66.0 cm³/mol. The summed E-state index contributed by atoms with van der Waals surface area (Å²) in [7, 11) is 1.67. The van der Waals surface area contributed by atoms with Crippen LogP contribution in [0.5, 0.6) is 5.75 Å². The summed E-state index contributed by atoms with van der Waals surface area (Å²) in [5, 5.41) is 13.0. The minimum absolute atomic E-state index is 0.1000. The summed E-state index contributed by atoms with van der Waals surface area (Å²) in [5.74, 6) is 0.886. The van der Waals surface area contributed by atoms with Gasteiger partial charge in [0.15, 0.2) is 0 Å². The van der Waals surface area contributed by atoms with E-state index in [0.29, 0.717) is 6.54 Å². The van der Waals surface area contributed by atoms with E-state index in [-0.39, 0.29) is 6.61 Å². The van der Waals surface area contributed by atoms with Gasteiger partial charge in [-0.15, -0.1) is 0 Å². The Labute approximate surface area is 100 Å². The summed E-state index contributed by atoms with van der Waals surface area (Å²) in [4.78, 5) is 0. The van der Waals surface area contributed by atoms with E-state index in [1.807, 2.05) is 25.3 Å². The number of benzene rings is 1. The highest BCUT2D eigenvalue weighted by atomic mass is 16.5. The number of methoxy groups -OCH3 is 1. The van der Waals surface area contributed by atoms with E-state index in [0.717, 1.165) is 22.4 Å². The fourth-order valence-corrected chi connectivity index (χ4v) is 1.80. The summed E-state index contributed by atoms with van der Waals surface area (Å²) in [6.45, 7) is 2.64. The Bertz CT molecular complexity index is 506. The average molecular weight is 232 g/mol. The van der Waals surface area contributed by atoms with Crippen LogP contribution in [0.25, 0.3) is 11.1 Å². The molecule has 2 rings (SSSR count). The third kappa shape index (κ3) is 2.47. The Kier molecular flexibility index (Phi) is 3.44. The van der Waals surface area contributed by atoms with Crippen molar-refractivity contribution in [2.75, 3.05) is 13.7 Å². The molecule has 0 aliphatic rings. The van der Waals surface area contributed by atoms with Crippen molar-refractivity contribution in [2.24, 2.45) is 0 Å². The van der Waals surface area contributed by atoms with Crippen LogP contribution >= 0.6 is 0 Å². The van der Waals surface area contributed by atoms with Crippen molar-refractivity contribution in [3.63, 3.8) is 0 Å². The number of hydrogen-bond donors (Lipinski definition) is 1. The van der Waals surface area contributed by atoms with Crippen molar-refractivity contribution in [2.45, 2.75) is 13.5 Å². The predicted octanol–water partition coefficient (Wildman–Crippen LogP) is 1.86. The molecule has 1 aromatic carbocycles. The molecule has 0 fully saturated rings. The molecule has 0 unspecified atom stereocenters. The summed E-state index contributed by atoms with van der Waals surface area (Å²) in [5.41, 5.74) is 3.25. The number of aliphatic hydroxyl groups excluding tert-OH is 1. The van der Waals surface area contributed by atoms with Gasteiger partial charge in [-0.25, -0.2) is 0 Å². The molecule has 90 valence electrons. The highest BCUT2D eigenvalue weighted by molar-refractivity contribution is 5.64. The molecule has 0 aliphatic heterocycles. The largest absolute Gasteiger partial charge is 0.496 e. The Hall–Kier alpha value is -1.81. The van der Waals surface area contributed by atoms with E-state index in [9.17, 15) is 0 Å². The second-order valence-electron chi connectivity index (χ2n) is 3.90. The van der Waals surface area contributed by atoms with Crippen molar-refractivity contribution < 1.29 is 9.84 Å². The lowest BCUT2D eigenvalue weighted by Crippen LogP contribution is -2.01. The van der Waals surface area contributed by atoms with Gasteiger partial charge in [0.05, 0.1) is 26.5 Å². The van der Waals surface area contributed by atoms with Gasteiger partial charge in [-0.3, -0.25) is 4.68 Å². The first kappa shape index (κ1) is 11.7. The highest BCUT2D eigenvalue weighted by Crippen LogP contribution is 2.25. The van der Waals surface area contributed by atoms with Crippen LogP contribution in [-0.4, -0.2) is 28.6 Å². The van der Waals surface area contributed by atoms with Gasteiger partial charge >= 0.3 is 0 Å². The summed E-state index contributed by atoms with van der Waals surface area (Å²) in [6, 6.07) is 6.03. The quantitative estimate of drug-likeness (QED) is 0.875. The maximum absolute atomic E-state index is 8.83. The molecule has 1 aromatic heterocycles. The third-order valence-corrected chi connectivity index (χ3v) is 2.69. The average Bonchev–Trinajstić information content (AvgIpc) is 2.78. The lowest BCUT2D eigenvalue weighted by Gasteiger charge is -2.05.